The van der Waals surface area contributed by atoms with Crippen LogP contribution in [0.15, 0.2) is 18.3 Å². The maximum Gasteiger partial charge on any atom is 0.249 e. The van der Waals surface area contributed by atoms with Crippen molar-refractivity contribution in [1.82, 2.24) is 4.98 Å². The highest BCUT2D eigenvalue weighted by atomic mass is 16.3. The number of nitrogens with two attached hydrogens (primary N) is 2. The number of nitrogens with zero attached hydrogens (tertiary/aromatic N) is 1. The standard InChI is InChI=1S/C8H12N4O3/c9-8(15)7(14)6(13)4-1-2-5(12-10)11-3-4/h1-3,6-7,13-14H,10H2,(H2,9,15)(H,11,12). The van der Waals surface area contributed by atoms with Crippen LogP contribution in [0.2, 0.25) is 0 Å². The van der Waals surface area contributed by atoms with Crippen molar-refractivity contribution in [3.05, 3.63) is 23.9 Å². The lowest BCUT2D eigenvalue weighted by Gasteiger charge is -2.14. The van der Waals surface area contributed by atoms with Gasteiger partial charge in [0, 0.05) is 11.8 Å². The zero-order chi connectivity index (χ0) is 11.4. The zero-order valence-electron chi connectivity index (χ0n) is 7.79. The number of carbonyl (C=O) groups is 1. The summed E-state index contributed by atoms with van der Waals surface area (Å²) in [4.78, 5) is 14.4. The molecule has 0 aliphatic carbocycles. The van der Waals surface area contributed by atoms with Crippen LogP contribution in [0.3, 0.4) is 0 Å². The molecule has 0 fully saturated rings. The summed E-state index contributed by atoms with van der Waals surface area (Å²) < 4.78 is 0. The molecule has 0 aliphatic rings. The Labute approximate surface area is 85.7 Å². The number of nitrogen functional groups attached to an aromatic ring is 1. The van der Waals surface area contributed by atoms with Gasteiger partial charge in [-0.2, -0.15) is 0 Å². The number of carbonyl (C=O) groups excluding carboxylic acids is 1. The molecule has 0 spiro atoms. The summed E-state index contributed by atoms with van der Waals surface area (Å²) in [6, 6.07) is 2.96. The Morgan fingerprint density at radius 1 is 1.47 bits per heavy atom. The smallest absolute Gasteiger partial charge is 0.249 e. The number of nitrogens with one attached hydrogen (secondary N) is 1. The van der Waals surface area contributed by atoms with Crippen LogP contribution in [0.4, 0.5) is 5.82 Å². The minimum Gasteiger partial charge on any atom is -0.385 e. The van der Waals surface area contributed by atoms with E-state index < -0.39 is 18.1 Å². The molecule has 2 atom stereocenters. The Balaban J connectivity index is 2.82. The lowest BCUT2D eigenvalue weighted by Crippen LogP contribution is -2.33. The predicted octanol–water partition coefficient (Wildman–Crippen LogP) is -1.75. The second-order valence-corrected chi connectivity index (χ2v) is 2.91. The van der Waals surface area contributed by atoms with Gasteiger partial charge in [0.15, 0.2) is 6.10 Å². The third-order valence-corrected chi connectivity index (χ3v) is 1.87. The van der Waals surface area contributed by atoms with Gasteiger partial charge in [0.1, 0.15) is 11.9 Å². The number of hydrogen-bond donors (Lipinski definition) is 5. The van der Waals surface area contributed by atoms with Gasteiger partial charge >= 0.3 is 0 Å². The topological polar surface area (TPSA) is 134 Å². The van der Waals surface area contributed by atoms with Crippen molar-refractivity contribution in [1.29, 1.82) is 0 Å². The monoisotopic (exact) mass is 212 g/mol. The molecule has 1 heterocycles. The molecule has 7 nitrogen and oxygen atoms in total. The van der Waals surface area contributed by atoms with Gasteiger partial charge in [-0.1, -0.05) is 6.07 Å². The fourth-order valence-corrected chi connectivity index (χ4v) is 1.00. The third kappa shape index (κ3) is 2.62. The lowest BCUT2D eigenvalue weighted by molar-refractivity contribution is -0.131. The predicted molar refractivity (Wildman–Crippen MR) is 52.2 cm³/mol. The van der Waals surface area contributed by atoms with Crippen LogP contribution in [-0.2, 0) is 4.79 Å². The summed E-state index contributed by atoms with van der Waals surface area (Å²) in [5, 5.41) is 18.7. The van der Waals surface area contributed by atoms with E-state index in [1.54, 1.807) is 0 Å². The average molecular weight is 212 g/mol. The van der Waals surface area contributed by atoms with Crippen molar-refractivity contribution >= 4 is 11.7 Å². The van der Waals surface area contributed by atoms with E-state index in [1.165, 1.54) is 18.3 Å². The van der Waals surface area contributed by atoms with Crippen LogP contribution in [0.5, 0.6) is 0 Å². The molecule has 82 valence electrons. The van der Waals surface area contributed by atoms with E-state index in [-0.39, 0.29) is 5.56 Å². The van der Waals surface area contributed by atoms with Crippen molar-refractivity contribution in [2.75, 3.05) is 5.43 Å². The molecular formula is C8H12N4O3. The summed E-state index contributed by atoms with van der Waals surface area (Å²) in [7, 11) is 0. The van der Waals surface area contributed by atoms with Gasteiger partial charge in [0.05, 0.1) is 0 Å². The SMILES string of the molecule is NNc1ccc(C(O)C(O)C(N)=O)cn1. The van der Waals surface area contributed by atoms with Crippen LogP contribution in [0.25, 0.3) is 0 Å². The lowest BCUT2D eigenvalue weighted by atomic mass is 10.1. The van der Waals surface area contributed by atoms with E-state index in [0.717, 1.165) is 0 Å². The first-order valence-electron chi connectivity index (χ1n) is 4.14. The molecule has 0 aliphatic heterocycles. The van der Waals surface area contributed by atoms with Crippen LogP contribution in [0.1, 0.15) is 11.7 Å². The highest BCUT2D eigenvalue weighted by molar-refractivity contribution is 5.79. The number of aliphatic hydroxyl groups is 2. The zero-order valence-corrected chi connectivity index (χ0v) is 7.79. The Kier molecular flexibility index (Phi) is 3.56. The normalized spacial score (nSPS) is 14.3. The molecule has 0 saturated heterocycles. The molecule has 7 N–H and O–H groups in total. The Morgan fingerprint density at radius 2 is 2.13 bits per heavy atom. The molecule has 1 rings (SSSR count). The van der Waals surface area contributed by atoms with Gasteiger partial charge in [-0.25, -0.2) is 10.8 Å². The van der Waals surface area contributed by atoms with E-state index in [2.05, 4.69) is 10.4 Å². The van der Waals surface area contributed by atoms with E-state index in [0.29, 0.717) is 5.82 Å². The number of aliphatic hydroxyl groups excluding tert-OH is 2. The number of hydrazine groups is 1. The van der Waals surface area contributed by atoms with E-state index in [4.69, 9.17) is 11.6 Å². The summed E-state index contributed by atoms with van der Waals surface area (Å²) in [5.41, 5.74) is 7.40. The number of aromatic nitrogens is 1. The highest BCUT2D eigenvalue weighted by Crippen LogP contribution is 2.16. The van der Waals surface area contributed by atoms with E-state index in [1.807, 2.05) is 0 Å². The van der Waals surface area contributed by atoms with Gasteiger partial charge in [-0.05, 0) is 6.07 Å². The summed E-state index contributed by atoms with van der Waals surface area (Å²) in [6.07, 6.45) is -1.75. The first-order chi connectivity index (χ1) is 7.06. The van der Waals surface area contributed by atoms with Crippen LogP contribution >= 0.6 is 0 Å². The van der Waals surface area contributed by atoms with Crippen LogP contribution in [-0.4, -0.2) is 27.2 Å². The highest BCUT2D eigenvalue weighted by Gasteiger charge is 2.23. The van der Waals surface area contributed by atoms with Crippen molar-refractivity contribution < 1.29 is 15.0 Å². The van der Waals surface area contributed by atoms with Gasteiger partial charge in [0.25, 0.3) is 0 Å². The van der Waals surface area contributed by atoms with Crippen LogP contribution in [0, 0.1) is 0 Å². The van der Waals surface area contributed by atoms with E-state index >= 15 is 0 Å². The van der Waals surface area contributed by atoms with Crippen LogP contribution < -0.4 is 17.0 Å². The van der Waals surface area contributed by atoms with Gasteiger partial charge in [0.2, 0.25) is 5.91 Å². The summed E-state index contributed by atoms with van der Waals surface area (Å²) >= 11 is 0. The molecule has 0 aromatic carbocycles. The Bertz CT molecular complexity index is 340. The number of rotatable bonds is 4. The first kappa shape index (κ1) is 11.4. The number of hydrogen-bond acceptors (Lipinski definition) is 6. The number of pyridine rings is 1. The molecule has 2 unspecified atom stereocenters. The molecule has 0 saturated carbocycles. The minimum atomic E-state index is -1.65. The summed E-state index contributed by atoms with van der Waals surface area (Å²) in [5.74, 6) is 4.49. The van der Waals surface area contributed by atoms with Gasteiger partial charge in [-0.3, -0.25) is 4.79 Å². The fourth-order valence-electron chi connectivity index (χ4n) is 1.00. The summed E-state index contributed by atoms with van der Waals surface area (Å²) in [6.45, 7) is 0. The first-order valence-corrected chi connectivity index (χ1v) is 4.14. The molecular weight excluding hydrogens is 200 g/mol. The van der Waals surface area contributed by atoms with Crippen molar-refractivity contribution in [2.45, 2.75) is 12.2 Å². The maximum absolute atomic E-state index is 10.6. The third-order valence-electron chi connectivity index (χ3n) is 1.87. The molecule has 1 amide bonds. The largest absolute Gasteiger partial charge is 0.385 e. The molecule has 15 heavy (non-hydrogen) atoms. The van der Waals surface area contributed by atoms with Gasteiger partial charge in [-0.15, -0.1) is 0 Å². The van der Waals surface area contributed by atoms with Crippen molar-refractivity contribution in [2.24, 2.45) is 11.6 Å². The number of amides is 1. The Hall–Kier alpha value is -1.70. The fraction of sp³-hybridized carbons (Fsp3) is 0.250. The molecule has 1 aromatic rings. The Morgan fingerprint density at radius 3 is 2.53 bits per heavy atom. The molecule has 1 aromatic heterocycles. The van der Waals surface area contributed by atoms with E-state index in [9.17, 15) is 15.0 Å². The number of anilines is 1. The van der Waals surface area contributed by atoms with Crippen molar-refractivity contribution in [3.63, 3.8) is 0 Å². The van der Waals surface area contributed by atoms with Crippen molar-refractivity contribution in [3.8, 4) is 0 Å². The quantitative estimate of drug-likeness (QED) is 0.296. The number of primary amides is 1. The maximum atomic E-state index is 10.6. The molecule has 0 bridgehead atoms. The second-order valence-electron chi connectivity index (χ2n) is 2.91. The van der Waals surface area contributed by atoms with Gasteiger partial charge < -0.3 is 21.4 Å². The second kappa shape index (κ2) is 4.69. The molecule has 0 radical (unpaired) electrons. The minimum absolute atomic E-state index is 0.278. The molecule has 7 heteroatoms. The average Bonchev–Trinajstić information content (AvgIpc) is 2.27.